The second kappa shape index (κ2) is 7.07. The van der Waals surface area contributed by atoms with Gasteiger partial charge in [0, 0.05) is 5.56 Å². The Bertz CT molecular complexity index is 482. The van der Waals surface area contributed by atoms with Crippen LogP contribution in [0.25, 0.3) is 0 Å². The number of aryl methyl sites for hydroxylation is 1. The molecule has 1 aromatic rings. The monoisotopic (exact) mass is 318 g/mol. The Hall–Kier alpha value is -1.10. The van der Waals surface area contributed by atoms with Crippen LogP contribution in [-0.2, 0) is 9.53 Å². The van der Waals surface area contributed by atoms with Crippen molar-refractivity contribution in [2.45, 2.75) is 30.7 Å². The highest BCUT2D eigenvalue weighted by molar-refractivity contribution is 6.60. The number of hydrogen-bond donors (Lipinski definition) is 1. The fourth-order valence-electron chi connectivity index (χ4n) is 1.55. The Balaban J connectivity index is 2.83. The van der Waals surface area contributed by atoms with Crippen molar-refractivity contribution in [3.8, 4) is 0 Å². The van der Waals surface area contributed by atoms with Crippen LogP contribution < -0.4 is 0 Å². The minimum atomic E-state index is -2.10. The maximum Gasteiger partial charge on any atom is 0.308 e. The van der Waals surface area contributed by atoms with E-state index < -0.39 is 28.6 Å². The molecule has 0 aromatic heterocycles. The fraction of sp³-hybridized carbons (Fsp3) is 0.429. The van der Waals surface area contributed by atoms with E-state index >= 15 is 0 Å². The molecule has 0 spiro atoms. The van der Waals surface area contributed by atoms with Gasteiger partial charge in [0.25, 0.3) is 0 Å². The molecule has 0 aliphatic heterocycles. The molecule has 0 amide bonds. The van der Waals surface area contributed by atoms with E-state index in [1.54, 1.807) is 31.2 Å². The largest absolute Gasteiger partial charge is 0.466 e. The molecule has 110 valence electrons. The Morgan fingerprint density at radius 2 is 1.85 bits per heavy atom. The smallest absolute Gasteiger partial charge is 0.308 e. The minimum Gasteiger partial charge on any atom is -0.466 e. The third-order valence-corrected chi connectivity index (χ3v) is 3.55. The molecule has 20 heavy (non-hydrogen) atoms. The molecule has 0 aliphatic carbocycles. The number of benzene rings is 1. The molecule has 1 rings (SSSR count). The van der Waals surface area contributed by atoms with E-state index in [9.17, 15) is 14.7 Å². The Morgan fingerprint density at radius 3 is 2.35 bits per heavy atom. The molecule has 6 heteroatoms. The average molecular weight is 319 g/mol. The molecule has 0 radical (unpaired) electrons. The van der Waals surface area contributed by atoms with E-state index in [1.807, 2.05) is 6.92 Å². The summed E-state index contributed by atoms with van der Waals surface area (Å²) in [6.45, 7) is 3.68. The summed E-state index contributed by atoms with van der Waals surface area (Å²) < 4.78 is 2.59. The van der Waals surface area contributed by atoms with Crippen LogP contribution in [0.15, 0.2) is 24.3 Å². The van der Waals surface area contributed by atoms with Gasteiger partial charge in [0.2, 0.25) is 10.1 Å². The minimum absolute atomic E-state index is 0.176. The second-order valence-electron chi connectivity index (χ2n) is 4.34. The van der Waals surface area contributed by atoms with Crippen LogP contribution in [-0.4, -0.2) is 33.9 Å². The van der Waals surface area contributed by atoms with E-state index in [0.29, 0.717) is 0 Å². The van der Waals surface area contributed by atoms with Gasteiger partial charge in [-0.05, 0) is 13.8 Å². The number of alkyl halides is 2. The molecule has 0 fully saturated rings. The molecule has 1 unspecified atom stereocenters. The zero-order chi connectivity index (χ0) is 15.3. The van der Waals surface area contributed by atoms with E-state index in [1.165, 1.54) is 0 Å². The summed E-state index contributed by atoms with van der Waals surface area (Å²) in [6.07, 6.45) is -1.99. The second-order valence-corrected chi connectivity index (χ2v) is 5.73. The lowest BCUT2D eigenvalue weighted by Gasteiger charge is -2.23. The third kappa shape index (κ3) is 4.20. The molecule has 0 heterocycles. The number of aliphatic hydroxyl groups is 1. The summed E-state index contributed by atoms with van der Waals surface area (Å²) in [5.74, 6) is -1.32. The Morgan fingerprint density at radius 1 is 1.30 bits per heavy atom. The number of aliphatic hydroxyl groups excluding tert-OH is 1. The van der Waals surface area contributed by atoms with Crippen molar-refractivity contribution in [3.63, 3.8) is 0 Å². The molecular formula is C14H16Cl2O4. The lowest BCUT2D eigenvalue weighted by Crippen LogP contribution is -2.41. The van der Waals surface area contributed by atoms with Crippen molar-refractivity contribution in [1.29, 1.82) is 0 Å². The lowest BCUT2D eigenvalue weighted by molar-refractivity contribution is -0.145. The highest BCUT2D eigenvalue weighted by Gasteiger charge is 2.43. The zero-order valence-electron chi connectivity index (χ0n) is 11.2. The van der Waals surface area contributed by atoms with Crippen molar-refractivity contribution in [2.24, 2.45) is 0 Å². The standard InChI is InChI=1S/C14H16Cl2O4/c1-3-20-12(18)8-11(17)14(15,16)13(19)10-6-4-9(2)5-7-10/h4-7,11,17H,3,8H2,1-2H3. The van der Waals surface area contributed by atoms with Gasteiger partial charge in [-0.2, -0.15) is 0 Å². The first kappa shape index (κ1) is 17.0. The molecule has 1 aromatic carbocycles. The maximum atomic E-state index is 12.2. The molecule has 4 nitrogen and oxygen atoms in total. The number of ketones is 1. The number of carbonyl (C=O) groups excluding carboxylic acids is 2. The molecule has 0 bridgehead atoms. The molecule has 0 aliphatic rings. The van der Waals surface area contributed by atoms with E-state index in [-0.39, 0.29) is 12.2 Å². The van der Waals surface area contributed by atoms with Crippen molar-refractivity contribution in [2.75, 3.05) is 6.61 Å². The average Bonchev–Trinajstić information content (AvgIpc) is 2.38. The van der Waals surface area contributed by atoms with Crippen molar-refractivity contribution in [1.82, 2.24) is 0 Å². The number of hydrogen-bond acceptors (Lipinski definition) is 4. The van der Waals surface area contributed by atoms with E-state index in [4.69, 9.17) is 23.2 Å². The summed E-state index contributed by atoms with van der Waals surface area (Å²) in [7, 11) is 0. The molecule has 1 N–H and O–H groups in total. The van der Waals surface area contributed by atoms with Gasteiger partial charge >= 0.3 is 5.97 Å². The summed E-state index contributed by atoms with van der Waals surface area (Å²) in [5, 5.41) is 9.87. The Kier molecular flexibility index (Phi) is 5.99. The number of esters is 1. The summed E-state index contributed by atoms with van der Waals surface area (Å²) in [5.41, 5.74) is 1.24. The van der Waals surface area contributed by atoms with Gasteiger partial charge in [0.15, 0.2) is 0 Å². The van der Waals surface area contributed by atoms with Crippen LogP contribution in [0.2, 0.25) is 0 Å². The SMILES string of the molecule is CCOC(=O)CC(O)C(Cl)(Cl)C(=O)c1ccc(C)cc1. The lowest BCUT2D eigenvalue weighted by atomic mass is 10.0. The van der Waals surface area contributed by atoms with Gasteiger partial charge in [-0.25, -0.2) is 0 Å². The van der Waals surface area contributed by atoms with Crippen LogP contribution in [0, 0.1) is 6.92 Å². The quantitative estimate of drug-likeness (QED) is 0.497. The van der Waals surface area contributed by atoms with Gasteiger partial charge in [-0.15, -0.1) is 0 Å². The van der Waals surface area contributed by atoms with Crippen molar-refractivity contribution >= 4 is 35.0 Å². The first-order valence-corrected chi connectivity index (χ1v) is 6.87. The number of ether oxygens (including phenoxy) is 1. The van der Waals surface area contributed by atoms with Gasteiger partial charge < -0.3 is 9.84 Å². The van der Waals surface area contributed by atoms with Crippen LogP contribution in [0.1, 0.15) is 29.3 Å². The van der Waals surface area contributed by atoms with Gasteiger partial charge in [0.05, 0.1) is 13.0 Å². The van der Waals surface area contributed by atoms with Gasteiger partial charge in [-0.1, -0.05) is 53.0 Å². The number of Topliss-reactive ketones (excluding diaryl/α,β-unsaturated/α-hetero) is 1. The predicted molar refractivity (Wildman–Crippen MR) is 77.2 cm³/mol. The normalized spacial score (nSPS) is 12.8. The zero-order valence-corrected chi connectivity index (χ0v) is 12.7. The molecule has 1 atom stereocenters. The van der Waals surface area contributed by atoms with Gasteiger partial charge in [-0.3, -0.25) is 9.59 Å². The highest BCUT2D eigenvalue weighted by atomic mass is 35.5. The summed E-state index contributed by atoms with van der Waals surface area (Å²) in [6, 6.07) is 6.59. The highest BCUT2D eigenvalue weighted by Crippen LogP contribution is 2.32. The first-order chi connectivity index (χ1) is 9.28. The topological polar surface area (TPSA) is 63.6 Å². The third-order valence-electron chi connectivity index (χ3n) is 2.70. The molecule has 0 saturated carbocycles. The number of halogens is 2. The number of carbonyl (C=O) groups is 2. The van der Waals surface area contributed by atoms with E-state index in [2.05, 4.69) is 4.74 Å². The van der Waals surface area contributed by atoms with Crippen molar-refractivity contribution < 1.29 is 19.4 Å². The summed E-state index contributed by atoms with van der Waals surface area (Å²) in [4.78, 5) is 23.5. The molecular weight excluding hydrogens is 303 g/mol. The van der Waals surface area contributed by atoms with E-state index in [0.717, 1.165) is 5.56 Å². The van der Waals surface area contributed by atoms with Crippen LogP contribution in [0.5, 0.6) is 0 Å². The molecule has 0 saturated heterocycles. The fourth-order valence-corrected chi connectivity index (χ4v) is 1.93. The Labute approximate surface area is 127 Å². The maximum absolute atomic E-state index is 12.2. The number of rotatable bonds is 6. The summed E-state index contributed by atoms with van der Waals surface area (Å²) >= 11 is 11.8. The van der Waals surface area contributed by atoms with Crippen LogP contribution in [0.3, 0.4) is 0 Å². The van der Waals surface area contributed by atoms with Crippen LogP contribution >= 0.6 is 23.2 Å². The predicted octanol–water partition coefficient (Wildman–Crippen LogP) is 2.67. The van der Waals surface area contributed by atoms with Crippen molar-refractivity contribution in [3.05, 3.63) is 35.4 Å². The van der Waals surface area contributed by atoms with Gasteiger partial charge in [0.1, 0.15) is 6.10 Å². The van der Waals surface area contributed by atoms with Crippen LogP contribution in [0.4, 0.5) is 0 Å². The first-order valence-electron chi connectivity index (χ1n) is 6.12.